The second kappa shape index (κ2) is 8.15. The molecule has 6 nitrogen and oxygen atoms in total. The van der Waals surface area contributed by atoms with Crippen molar-refractivity contribution in [2.24, 2.45) is 5.92 Å². The first kappa shape index (κ1) is 19.0. The topological polar surface area (TPSA) is 65.1 Å². The van der Waals surface area contributed by atoms with Gasteiger partial charge in [-0.3, -0.25) is 4.79 Å². The van der Waals surface area contributed by atoms with Crippen LogP contribution in [-0.4, -0.2) is 47.7 Å². The summed E-state index contributed by atoms with van der Waals surface area (Å²) >= 11 is 2.03. The summed E-state index contributed by atoms with van der Waals surface area (Å²) in [5.74, 6) is 0.568. The van der Waals surface area contributed by atoms with E-state index in [9.17, 15) is 9.59 Å². The molecular weight excluding hydrogens is 425 g/mol. The highest BCUT2D eigenvalue weighted by molar-refractivity contribution is 14.1. The SMILES string of the molecule is COc1ccc([C@@H](OC)[C@@H](I)C(=O)N2C(=O)OC[C@@H]2C(C)C)cc1. The fourth-order valence-electron chi connectivity index (χ4n) is 2.66. The number of amides is 2. The van der Waals surface area contributed by atoms with E-state index in [1.54, 1.807) is 14.2 Å². The Labute approximate surface area is 155 Å². The average Bonchev–Trinajstić information content (AvgIpc) is 2.97. The number of carbonyl (C=O) groups is 2. The number of imide groups is 1. The number of halogens is 1. The van der Waals surface area contributed by atoms with Crippen LogP contribution in [0.1, 0.15) is 25.5 Å². The average molecular weight is 447 g/mol. The number of benzene rings is 1. The molecule has 0 spiro atoms. The fraction of sp³-hybridized carbons (Fsp3) is 0.529. The third-order valence-electron chi connectivity index (χ3n) is 4.11. The summed E-state index contributed by atoms with van der Waals surface area (Å²) in [4.78, 5) is 26.1. The van der Waals surface area contributed by atoms with E-state index >= 15 is 0 Å². The normalized spacial score (nSPS) is 20.0. The predicted octanol–water partition coefficient (Wildman–Crippen LogP) is 3.19. The molecule has 1 aliphatic heterocycles. The van der Waals surface area contributed by atoms with Crippen molar-refractivity contribution in [3.63, 3.8) is 0 Å². The zero-order chi connectivity index (χ0) is 17.9. The smallest absolute Gasteiger partial charge is 0.417 e. The highest BCUT2D eigenvalue weighted by Gasteiger charge is 2.43. The van der Waals surface area contributed by atoms with Crippen LogP contribution in [0.4, 0.5) is 4.79 Å². The van der Waals surface area contributed by atoms with Crippen molar-refractivity contribution >= 4 is 34.6 Å². The molecule has 7 heteroatoms. The van der Waals surface area contributed by atoms with Crippen LogP contribution >= 0.6 is 22.6 Å². The Kier molecular flexibility index (Phi) is 6.45. The van der Waals surface area contributed by atoms with Crippen molar-refractivity contribution in [2.75, 3.05) is 20.8 Å². The van der Waals surface area contributed by atoms with Gasteiger partial charge in [-0.1, -0.05) is 48.6 Å². The third kappa shape index (κ3) is 3.83. The van der Waals surface area contributed by atoms with E-state index in [4.69, 9.17) is 14.2 Å². The zero-order valence-corrected chi connectivity index (χ0v) is 16.3. The van der Waals surface area contributed by atoms with Crippen LogP contribution in [0.3, 0.4) is 0 Å². The maximum absolute atomic E-state index is 12.9. The lowest BCUT2D eigenvalue weighted by molar-refractivity contribution is -0.131. The second-order valence-electron chi connectivity index (χ2n) is 5.93. The van der Waals surface area contributed by atoms with Crippen LogP contribution in [0.5, 0.6) is 5.75 Å². The van der Waals surface area contributed by atoms with Crippen LogP contribution in [0, 0.1) is 5.92 Å². The summed E-state index contributed by atoms with van der Waals surface area (Å²) in [6.07, 6.45) is -1.05. The van der Waals surface area contributed by atoms with Crippen molar-refractivity contribution in [1.29, 1.82) is 0 Å². The molecule has 0 radical (unpaired) electrons. The molecule has 0 saturated carbocycles. The molecule has 1 aromatic rings. The van der Waals surface area contributed by atoms with E-state index in [0.717, 1.165) is 11.3 Å². The summed E-state index contributed by atoms with van der Waals surface area (Å²) in [7, 11) is 3.15. The molecule has 0 aliphatic carbocycles. The molecule has 24 heavy (non-hydrogen) atoms. The number of hydrogen-bond acceptors (Lipinski definition) is 5. The predicted molar refractivity (Wildman–Crippen MR) is 97.4 cm³/mol. The molecule has 3 atom stereocenters. The second-order valence-corrected chi connectivity index (χ2v) is 7.27. The molecule has 0 bridgehead atoms. The molecule has 2 amide bonds. The molecular formula is C17H22INO5. The van der Waals surface area contributed by atoms with Crippen LogP contribution < -0.4 is 4.74 Å². The maximum Gasteiger partial charge on any atom is 0.417 e. The van der Waals surface area contributed by atoms with E-state index < -0.39 is 16.1 Å². The Bertz CT molecular complexity index is 589. The standard InChI is InChI=1S/C17H22INO5/c1-10(2)13-9-24-17(21)19(13)16(20)14(18)15(23-4)11-5-7-12(22-3)8-6-11/h5-8,10,13-15H,9H2,1-4H3/t13-,14-,15-/m1/s1. The van der Waals surface area contributed by atoms with Gasteiger partial charge in [0.05, 0.1) is 13.2 Å². The third-order valence-corrected chi connectivity index (χ3v) is 5.30. The lowest BCUT2D eigenvalue weighted by Gasteiger charge is -2.28. The molecule has 132 valence electrons. The van der Waals surface area contributed by atoms with Gasteiger partial charge in [0.1, 0.15) is 22.4 Å². The molecule has 1 aromatic carbocycles. The van der Waals surface area contributed by atoms with Crippen molar-refractivity contribution in [3.05, 3.63) is 29.8 Å². The summed E-state index contributed by atoms with van der Waals surface area (Å²) < 4.78 is 15.2. The number of cyclic esters (lactones) is 1. The summed E-state index contributed by atoms with van der Waals surface area (Å²) in [6.45, 7) is 4.17. The molecule has 0 N–H and O–H groups in total. The number of ether oxygens (including phenoxy) is 3. The fourth-order valence-corrected chi connectivity index (χ4v) is 3.67. The van der Waals surface area contributed by atoms with Crippen molar-refractivity contribution in [3.8, 4) is 5.75 Å². The molecule has 2 rings (SSSR count). The number of rotatable bonds is 6. The minimum absolute atomic E-state index is 0.131. The Morgan fingerprint density at radius 3 is 2.42 bits per heavy atom. The van der Waals surface area contributed by atoms with Gasteiger partial charge in [0.25, 0.3) is 0 Å². The molecule has 1 saturated heterocycles. The van der Waals surface area contributed by atoms with Crippen LogP contribution in [-0.2, 0) is 14.3 Å². The number of alkyl halides is 1. The molecule has 1 aliphatic rings. The monoisotopic (exact) mass is 447 g/mol. The van der Waals surface area contributed by atoms with Gasteiger partial charge in [0.15, 0.2) is 0 Å². The number of hydrogen-bond donors (Lipinski definition) is 0. The minimum atomic E-state index is -0.579. The lowest BCUT2D eigenvalue weighted by atomic mass is 10.0. The van der Waals surface area contributed by atoms with Gasteiger partial charge in [0, 0.05) is 7.11 Å². The largest absolute Gasteiger partial charge is 0.497 e. The number of methoxy groups -OCH3 is 2. The van der Waals surface area contributed by atoms with E-state index in [1.807, 2.05) is 60.7 Å². The zero-order valence-electron chi connectivity index (χ0n) is 14.2. The van der Waals surface area contributed by atoms with E-state index in [1.165, 1.54) is 4.90 Å². The highest BCUT2D eigenvalue weighted by atomic mass is 127. The Balaban J connectivity index is 2.21. The van der Waals surface area contributed by atoms with Gasteiger partial charge in [0.2, 0.25) is 5.91 Å². The molecule has 1 heterocycles. The van der Waals surface area contributed by atoms with Gasteiger partial charge in [-0.25, -0.2) is 9.69 Å². The first-order valence-corrected chi connectivity index (χ1v) is 8.95. The van der Waals surface area contributed by atoms with Gasteiger partial charge < -0.3 is 14.2 Å². The van der Waals surface area contributed by atoms with Crippen LogP contribution in [0.2, 0.25) is 0 Å². The van der Waals surface area contributed by atoms with Crippen LogP contribution in [0.15, 0.2) is 24.3 Å². The van der Waals surface area contributed by atoms with Crippen molar-refractivity contribution in [1.82, 2.24) is 4.90 Å². The Morgan fingerprint density at radius 2 is 1.92 bits per heavy atom. The van der Waals surface area contributed by atoms with E-state index in [0.29, 0.717) is 0 Å². The highest BCUT2D eigenvalue weighted by Crippen LogP contribution is 2.31. The summed E-state index contributed by atoms with van der Waals surface area (Å²) in [5, 5.41) is 0. The van der Waals surface area contributed by atoms with Gasteiger partial charge in [-0.05, 0) is 23.6 Å². The minimum Gasteiger partial charge on any atom is -0.497 e. The van der Waals surface area contributed by atoms with Gasteiger partial charge in [-0.15, -0.1) is 0 Å². The van der Waals surface area contributed by atoms with E-state index in [-0.39, 0.29) is 24.5 Å². The molecule has 1 fully saturated rings. The summed E-state index contributed by atoms with van der Waals surface area (Å²) in [5.41, 5.74) is 0.847. The van der Waals surface area contributed by atoms with Crippen LogP contribution in [0.25, 0.3) is 0 Å². The first-order valence-electron chi connectivity index (χ1n) is 7.71. The van der Waals surface area contributed by atoms with Gasteiger partial charge in [-0.2, -0.15) is 0 Å². The quantitative estimate of drug-likeness (QED) is 0.495. The molecule has 0 unspecified atom stereocenters. The Morgan fingerprint density at radius 1 is 1.29 bits per heavy atom. The van der Waals surface area contributed by atoms with Gasteiger partial charge >= 0.3 is 6.09 Å². The van der Waals surface area contributed by atoms with E-state index in [2.05, 4.69) is 0 Å². The molecule has 0 aromatic heterocycles. The maximum atomic E-state index is 12.9. The summed E-state index contributed by atoms with van der Waals surface area (Å²) in [6, 6.07) is 7.10. The first-order chi connectivity index (χ1) is 11.4. The Hall–Kier alpha value is -1.35. The van der Waals surface area contributed by atoms with Crippen molar-refractivity contribution < 1.29 is 23.8 Å². The number of nitrogens with zero attached hydrogens (tertiary/aromatic N) is 1. The lowest BCUT2D eigenvalue weighted by Crippen LogP contribution is -2.46. The number of carbonyl (C=O) groups excluding carboxylic acids is 2. The van der Waals surface area contributed by atoms with Crippen molar-refractivity contribution in [2.45, 2.75) is 29.9 Å².